The summed E-state index contributed by atoms with van der Waals surface area (Å²) >= 11 is 1.31. The van der Waals surface area contributed by atoms with Crippen LogP contribution in [0.3, 0.4) is 0 Å². The molecule has 0 bridgehead atoms. The highest BCUT2D eigenvalue weighted by molar-refractivity contribution is 7.12. The van der Waals surface area contributed by atoms with Gasteiger partial charge in [0.1, 0.15) is 5.82 Å². The SMILES string of the molecule is CC(C)[C@@H](NC(=O)c1ccc(-c2csc(C(N)=O)c2)cc1)c1nccn1C. The van der Waals surface area contributed by atoms with E-state index in [9.17, 15) is 9.59 Å². The molecule has 1 atom stereocenters. The van der Waals surface area contributed by atoms with Crippen LogP contribution in [0.5, 0.6) is 0 Å². The Hall–Kier alpha value is -2.93. The number of hydrogen-bond acceptors (Lipinski definition) is 4. The Morgan fingerprint density at radius 2 is 1.89 bits per heavy atom. The summed E-state index contributed by atoms with van der Waals surface area (Å²) < 4.78 is 1.92. The Kier molecular flexibility index (Phi) is 5.41. The maximum atomic E-state index is 12.7. The first-order valence-electron chi connectivity index (χ1n) is 8.63. The number of rotatable bonds is 6. The first-order chi connectivity index (χ1) is 12.9. The number of hydrogen-bond donors (Lipinski definition) is 2. The number of imidazole rings is 1. The van der Waals surface area contributed by atoms with E-state index in [1.807, 2.05) is 35.3 Å². The number of primary amides is 1. The quantitative estimate of drug-likeness (QED) is 0.685. The van der Waals surface area contributed by atoms with Crippen LogP contribution in [0.1, 0.15) is 45.7 Å². The molecule has 1 aromatic carbocycles. The monoisotopic (exact) mass is 382 g/mol. The summed E-state index contributed by atoms with van der Waals surface area (Å²) in [4.78, 5) is 28.8. The largest absolute Gasteiger partial charge is 0.365 e. The number of carbonyl (C=O) groups excluding carboxylic acids is 2. The van der Waals surface area contributed by atoms with Crippen LogP contribution >= 0.6 is 11.3 Å². The fraction of sp³-hybridized carbons (Fsp3) is 0.250. The lowest BCUT2D eigenvalue weighted by Gasteiger charge is -2.22. The molecule has 0 aliphatic carbocycles. The van der Waals surface area contributed by atoms with Crippen LogP contribution in [-0.4, -0.2) is 21.4 Å². The van der Waals surface area contributed by atoms with E-state index < -0.39 is 5.91 Å². The average Bonchev–Trinajstić information content (AvgIpc) is 3.29. The van der Waals surface area contributed by atoms with Crippen molar-refractivity contribution in [3.8, 4) is 11.1 Å². The Morgan fingerprint density at radius 3 is 2.41 bits per heavy atom. The van der Waals surface area contributed by atoms with Gasteiger partial charge in [-0.3, -0.25) is 9.59 Å². The van der Waals surface area contributed by atoms with Crippen LogP contribution < -0.4 is 11.1 Å². The van der Waals surface area contributed by atoms with Gasteiger partial charge >= 0.3 is 0 Å². The topological polar surface area (TPSA) is 90.0 Å². The molecule has 0 aliphatic heterocycles. The first kappa shape index (κ1) is 18.8. The molecular formula is C20H22N4O2S. The molecule has 7 heteroatoms. The second-order valence-electron chi connectivity index (χ2n) is 6.73. The van der Waals surface area contributed by atoms with E-state index in [2.05, 4.69) is 24.1 Å². The van der Waals surface area contributed by atoms with Gasteiger partial charge in [0.25, 0.3) is 11.8 Å². The molecule has 0 radical (unpaired) electrons. The molecule has 0 saturated heterocycles. The molecule has 0 spiro atoms. The number of nitrogens with two attached hydrogens (primary N) is 1. The Bertz CT molecular complexity index is 957. The van der Waals surface area contributed by atoms with Crippen LogP contribution in [0, 0.1) is 5.92 Å². The zero-order valence-electron chi connectivity index (χ0n) is 15.5. The Balaban J connectivity index is 1.76. The van der Waals surface area contributed by atoms with Crippen LogP contribution in [0.25, 0.3) is 11.1 Å². The van der Waals surface area contributed by atoms with E-state index in [1.165, 1.54) is 11.3 Å². The summed E-state index contributed by atoms with van der Waals surface area (Å²) in [6.07, 6.45) is 3.60. The average molecular weight is 382 g/mol. The lowest BCUT2D eigenvalue weighted by molar-refractivity contribution is 0.0921. The van der Waals surface area contributed by atoms with Gasteiger partial charge in [-0.1, -0.05) is 26.0 Å². The van der Waals surface area contributed by atoms with E-state index in [-0.39, 0.29) is 17.9 Å². The van der Waals surface area contributed by atoms with Crippen molar-refractivity contribution in [3.05, 3.63) is 64.4 Å². The zero-order chi connectivity index (χ0) is 19.6. The van der Waals surface area contributed by atoms with Crippen molar-refractivity contribution in [2.45, 2.75) is 19.9 Å². The number of nitrogens with zero attached hydrogens (tertiary/aromatic N) is 2. The van der Waals surface area contributed by atoms with Gasteiger partial charge in [0, 0.05) is 25.0 Å². The molecule has 2 heterocycles. The van der Waals surface area contributed by atoms with E-state index in [0.717, 1.165) is 17.0 Å². The van der Waals surface area contributed by atoms with Crippen LogP contribution in [0.15, 0.2) is 48.1 Å². The lowest BCUT2D eigenvalue weighted by atomic mass is 10.0. The summed E-state index contributed by atoms with van der Waals surface area (Å²) in [7, 11) is 1.92. The molecule has 3 rings (SSSR count). The smallest absolute Gasteiger partial charge is 0.258 e. The number of benzene rings is 1. The van der Waals surface area contributed by atoms with Gasteiger partial charge < -0.3 is 15.6 Å². The molecular weight excluding hydrogens is 360 g/mol. The van der Waals surface area contributed by atoms with Crippen molar-refractivity contribution in [2.24, 2.45) is 18.7 Å². The number of nitrogens with one attached hydrogen (secondary N) is 1. The highest BCUT2D eigenvalue weighted by atomic mass is 32.1. The molecule has 0 unspecified atom stereocenters. The first-order valence-corrected chi connectivity index (χ1v) is 9.51. The molecule has 2 amide bonds. The summed E-state index contributed by atoms with van der Waals surface area (Å²) in [5.41, 5.74) is 7.72. The third kappa shape index (κ3) is 4.09. The van der Waals surface area contributed by atoms with Crippen molar-refractivity contribution in [2.75, 3.05) is 0 Å². The predicted molar refractivity (Wildman–Crippen MR) is 107 cm³/mol. The summed E-state index contributed by atoms with van der Waals surface area (Å²) in [6, 6.07) is 8.88. The normalized spacial score (nSPS) is 12.1. The van der Waals surface area contributed by atoms with Gasteiger partial charge in [-0.05, 0) is 40.6 Å². The van der Waals surface area contributed by atoms with Gasteiger partial charge in [0.2, 0.25) is 0 Å². The van der Waals surface area contributed by atoms with Crippen LogP contribution in [0.4, 0.5) is 0 Å². The minimum absolute atomic E-state index is 0.147. The minimum Gasteiger partial charge on any atom is -0.365 e. The minimum atomic E-state index is -0.434. The van der Waals surface area contributed by atoms with E-state index in [0.29, 0.717) is 10.4 Å². The maximum absolute atomic E-state index is 12.7. The Labute approximate surface area is 162 Å². The lowest BCUT2D eigenvalue weighted by Crippen LogP contribution is -2.33. The third-order valence-electron chi connectivity index (χ3n) is 4.41. The number of carbonyl (C=O) groups is 2. The van der Waals surface area contributed by atoms with Gasteiger partial charge in [-0.15, -0.1) is 11.3 Å². The molecule has 140 valence electrons. The molecule has 3 aromatic rings. The summed E-state index contributed by atoms with van der Waals surface area (Å²) in [5, 5.41) is 4.95. The highest BCUT2D eigenvalue weighted by Crippen LogP contribution is 2.26. The van der Waals surface area contributed by atoms with E-state index in [4.69, 9.17) is 5.73 Å². The fourth-order valence-corrected chi connectivity index (χ4v) is 3.63. The number of thiophene rings is 1. The van der Waals surface area contributed by atoms with Crippen molar-refractivity contribution in [1.82, 2.24) is 14.9 Å². The molecule has 0 saturated carbocycles. The molecule has 2 aromatic heterocycles. The Morgan fingerprint density at radius 1 is 1.19 bits per heavy atom. The van der Waals surface area contributed by atoms with Crippen molar-refractivity contribution in [3.63, 3.8) is 0 Å². The van der Waals surface area contributed by atoms with Gasteiger partial charge in [-0.25, -0.2) is 4.98 Å². The second kappa shape index (κ2) is 7.75. The number of aromatic nitrogens is 2. The summed E-state index contributed by atoms with van der Waals surface area (Å²) in [5.74, 6) is 0.447. The van der Waals surface area contributed by atoms with Crippen LogP contribution in [0.2, 0.25) is 0 Å². The number of aryl methyl sites for hydroxylation is 1. The second-order valence-corrected chi connectivity index (χ2v) is 7.64. The van der Waals surface area contributed by atoms with Gasteiger partial charge in [0.15, 0.2) is 0 Å². The number of amides is 2. The van der Waals surface area contributed by atoms with Crippen LogP contribution in [-0.2, 0) is 7.05 Å². The molecule has 6 nitrogen and oxygen atoms in total. The van der Waals surface area contributed by atoms with Crippen molar-refractivity contribution >= 4 is 23.2 Å². The zero-order valence-corrected chi connectivity index (χ0v) is 16.3. The third-order valence-corrected chi connectivity index (χ3v) is 5.36. The standard InChI is InChI=1S/C20H22N4O2S/c1-12(2)17(19-22-8-9-24(19)3)23-20(26)14-6-4-13(5-7-14)15-10-16(18(21)25)27-11-15/h4-12,17H,1-3H3,(H2,21,25)(H,23,26)/t17-/m1/s1. The summed E-state index contributed by atoms with van der Waals surface area (Å²) in [6.45, 7) is 4.10. The van der Waals surface area contributed by atoms with Gasteiger partial charge in [-0.2, -0.15) is 0 Å². The molecule has 0 fully saturated rings. The van der Waals surface area contributed by atoms with Crippen molar-refractivity contribution < 1.29 is 9.59 Å². The molecule has 0 aliphatic rings. The molecule has 27 heavy (non-hydrogen) atoms. The highest BCUT2D eigenvalue weighted by Gasteiger charge is 2.22. The predicted octanol–water partition coefficient (Wildman–Crippen LogP) is 3.37. The fourth-order valence-electron chi connectivity index (χ4n) is 2.86. The maximum Gasteiger partial charge on any atom is 0.258 e. The molecule has 3 N–H and O–H groups in total. The van der Waals surface area contributed by atoms with Gasteiger partial charge in [0.05, 0.1) is 10.9 Å². The van der Waals surface area contributed by atoms with E-state index >= 15 is 0 Å². The van der Waals surface area contributed by atoms with E-state index in [1.54, 1.807) is 24.4 Å². The van der Waals surface area contributed by atoms with Crippen molar-refractivity contribution in [1.29, 1.82) is 0 Å².